The zero-order chi connectivity index (χ0) is 23.4. The lowest BCUT2D eigenvalue weighted by Gasteiger charge is -2.14. The van der Waals surface area contributed by atoms with Crippen molar-refractivity contribution in [3.63, 3.8) is 0 Å². The summed E-state index contributed by atoms with van der Waals surface area (Å²) in [5, 5.41) is 9.31. The van der Waals surface area contributed by atoms with Crippen molar-refractivity contribution in [1.82, 2.24) is 10.3 Å². The summed E-state index contributed by atoms with van der Waals surface area (Å²) in [7, 11) is 1.53. The van der Waals surface area contributed by atoms with Crippen molar-refractivity contribution in [3.8, 4) is 11.5 Å². The molecule has 3 N–H and O–H groups in total. The van der Waals surface area contributed by atoms with E-state index in [0.29, 0.717) is 17.2 Å². The Morgan fingerprint density at radius 2 is 1.67 bits per heavy atom. The number of carbonyl (C=O) groups excluding carboxylic acids is 2. The van der Waals surface area contributed by atoms with E-state index in [-0.39, 0.29) is 17.3 Å². The highest BCUT2D eigenvalue weighted by molar-refractivity contribution is 6.07. The topological polar surface area (TPSA) is 92.4 Å². The second kappa shape index (κ2) is 9.35. The summed E-state index contributed by atoms with van der Waals surface area (Å²) in [5.41, 5.74) is 1.69. The van der Waals surface area contributed by atoms with Crippen LogP contribution in [0.15, 0.2) is 72.9 Å². The third kappa shape index (κ3) is 4.90. The van der Waals surface area contributed by atoms with E-state index >= 15 is 0 Å². The van der Waals surface area contributed by atoms with Crippen LogP contribution in [0.2, 0.25) is 0 Å². The van der Waals surface area contributed by atoms with Crippen LogP contribution in [0, 0.1) is 12.7 Å². The van der Waals surface area contributed by atoms with Crippen molar-refractivity contribution in [3.05, 3.63) is 90.0 Å². The fourth-order valence-corrected chi connectivity index (χ4v) is 3.33. The van der Waals surface area contributed by atoms with Gasteiger partial charge in [-0.15, -0.1) is 0 Å². The normalized spacial score (nSPS) is 10.5. The van der Waals surface area contributed by atoms with Gasteiger partial charge in [0.05, 0.1) is 11.4 Å². The number of benzene rings is 3. The Hall–Kier alpha value is -4.46. The molecule has 0 radical (unpaired) electrons. The van der Waals surface area contributed by atoms with Crippen molar-refractivity contribution in [2.75, 3.05) is 17.7 Å². The van der Waals surface area contributed by atoms with E-state index < -0.39 is 11.8 Å². The Balaban J connectivity index is 1.60. The molecule has 4 rings (SSSR count). The van der Waals surface area contributed by atoms with Crippen LogP contribution in [-0.2, 0) is 0 Å². The molecule has 0 bridgehead atoms. The molecule has 7 nitrogen and oxygen atoms in total. The van der Waals surface area contributed by atoms with Gasteiger partial charge in [0.2, 0.25) is 0 Å². The van der Waals surface area contributed by atoms with Gasteiger partial charge in [-0.05, 0) is 42.8 Å². The molecule has 0 aliphatic heterocycles. The molecule has 3 aromatic carbocycles. The van der Waals surface area contributed by atoms with Gasteiger partial charge in [-0.3, -0.25) is 9.78 Å². The maximum atomic E-state index is 14.0. The molecule has 0 saturated heterocycles. The average Bonchev–Trinajstić information content (AvgIpc) is 2.82. The lowest BCUT2D eigenvalue weighted by molar-refractivity contribution is 0.0958. The molecule has 0 spiro atoms. The zero-order valence-electron chi connectivity index (χ0n) is 18.0. The molecule has 3 amide bonds. The van der Waals surface area contributed by atoms with Crippen LogP contribution in [0.25, 0.3) is 10.8 Å². The number of pyridine rings is 1. The maximum absolute atomic E-state index is 14.0. The minimum atomic E-state index is -0.567. The van der Waals surface area contributed by atoms with Crippen LogP contribution < -0.4 is 20.7 Å². The molecule has 1 aromatic heterocycles. The third-order valence-electron chi connectivity index (χ3n) is 4.92. The van der Waals surface area contributed by atoms with Crippen LogP contribution in [0.1, 0.15) is 16.1 Å². The van der Waals surface area contributed by atoms with E-state index in [2.05, 4.69) is 20.9 Å². The Kier molecular flexibility index (Phi) is 6.17. The number of aromatic nitrogens is 1. The molecular formula is C25H21FN4O3. The van der Waals surface area contributed by atoms with E-state index in [1.807, 2.05) is 31.2 Å². The van der Waals surface area contributed by atoms with E-state index in [1.165, 1.54) is 19.3 Å². The van der Waals surface area contributed by atoms with Gasteiger partial charge < -0.3 is 20.7 Å². The van der Waals surface area contributed by atoms with Crippen molar-refractivity contribution in [2.24, 2.45) is 0 Å². The number of carbonyl (C=O) groups is 2. The number of anilines is 2. The van der Waals surface area contributed by atoms with Gasteiger partial charge in [-0.25, -0.2) is 9.18 Å². The Morgan fingerprint density at radius 1 is 0.909 bits per heavy atom. The number of aryl methyl sites for hydroxylation is 1. The quantitative estimate of drug-likeness (QED) is 0.380. The SMILES string of the molecule is CNC(=O)c1cc(Oc2ccc(NC(=O)Nc3cc(C)ccc3F)c3ccccc23)ccn1. The summed E-state index contributed by atoms with van der Waals surface area (Å²) in [6, 6.07) is 17.9. The number of amides is 3. The molecular weight excluding hydrogens is 423 g/mol. The molecule has 0 aliphatic carbocycles. The fourth-order valence-electron chi connectivity index (χ4n) is 3.33. The smallest absolute Gasteiger partial charge is 0.323 e. The van der Waals surface area contributed by atoms with Gasteiger partial charge in [-0.2, -0.15) is 0 Å². The van der Waals surface area contributed by atoms with Crippen LogP contribution in [0.5, 0.6) is 11.5 Å². The number of fused-ring (bicyclic) bond motifs is 1. The first kappa shape index (κ1) is 21.8. The van der Waals surface area contributed by atoms with E-state index in [4.69, 9.17) is 4.74 Å². The molecule has 166 valence electrons. The van der Waals surface area contributed by atoms with Crippen LogP contribution in [0.3, 0.4) is 0 Å². The Labute approximate surface area is 189 Å². The fraction of sp³-hybridized carbons (Fsp3) is 0.0800. The number of nitrogens with one attached hydrogen (secondary N) is 3. The summed E-state index contributed by atoms with van der Waals surface area (Å²) in [4.78, 5) is 28.4. The number of nitrogens with zero attached hydrogens (tertiary/aromatic N) is 1. The van der Waals surface area contributed by atoms with Gasteiger partial charge >= 0.3 is 6.03 Å². The van der Waals surface area contributed by atoms with Crippen molar-refractivity contribution < 1.29 is 18.7 Å². The molecule has 33 heavy (non-hydrogen) atoms. The first-order valence-corrected chi connectivity index (χ1v) is 10.2. The van der Waals surface area contributed by atoms with E-state index in [1.54, 1.807) is 36.4 Å². The average molecular weight is 444 g/mol. The number of hydrogen-bond donors (Lipinski definition) is 3. The zero-order valence-corrected chi connectivity index (χ0v) is 18.0. The summed E-state index contributed by atoms with van der Waals surface area (Å²) in [6.07, 6.45) is 1.49. The lowest BCUT2D eigenvalue weighted by Crippen LogP contribution is -2.20. The molecule has 4 aromatic rings. The predicted octanol–water partition coefficient (Wildman–Crippen LogP) is 5.48. The van der Waals surface area contributed by atoms with E-state index in [0.717, 1.165) is 16.3 Å². The number of halogens is 1. The highest BCUT2D eigenvalue weighted by atomic mass is 19.1. The van der Waals surface area contributed by atoms with Gasteiger partial charge in [0.25, 0.3) is 5.91 Å². The minimum absolute atomic E-state index is 0.0985. The minimum Gasteiger partial charge on any atom is -0.457 e. The highest BCUT2D eigenvalue weighted by Crippen LogP contribution is 2.34. The lowest BCUT2D eigenvalue weighted by atomic mass is 10.1. The summed E-state index contributed by atoms with van der Waals surface area (Å²) >= 11 is 0. The number of hydrogen-bond acceptors (Lipinski definition) is 4. The summed E-state index contributed by atoms with van der Waals surface area (Å²) in [5.74, 6) is 0.149. The van der Waals surface area contributed by atoms with Gasteiger partial charge in [-0.1, -0.05) is 30.3 Å². The second-order valence-corrected chi connectivity index (χ2v) is 7.28. The van der Waals surface area contributed by atoms with Gasteiger partial charge in [0.1, 0.15) is 23.0 Å². The largest absolute Gasteiger partial charge is 0.457 e. The van der Waals surface area contributed by atoms with Crippen molar-refractivity contribution in [1.29, 1.82) is 0 Å². The number of ether oxygens (including phenoxy) is 1. The molecule has 0 saturated carbocycles. The van der Waals surface area contributed by atoms with Crippen molar-refractivity contribution >= 4 is 34.1 Å². The molecule has 0 unspecified atom stereocenters. The van der Waals surface area contributed by atoms with Gasteiger partial charge in [0, 0.05) is 30.1 Å². The molecule has 1 heterocycles. The predicted molar refractivity (Wildman–Crippen MR) is 125 cm³/mol. The second-order valence-electron chi connectivity index (χ2n) is 7.28. The van der Waals surface area contributed by atoms with Crippen LogP contribution in [0.4, 0.5) is 20.6 Å². The molecule has 8 heteroatoms. The number of urea groups is 1. The van der Waals surface area contributed by atoms with E-state index in [9.17, 15) is 14.0 Å². The molecule has 0 atom stereocenters. The molecule has 0 aliphatic rings. The first-order chi connectivity index (χ1) is 15.9. The Bertz CT molecular complexity index is 1360. The maximum Gasteiger partial charge on any atom is 0.323 e. The first-order valence-electron chi connectivity index (χ1n) is 10.2. The number of rotatable bonds is 5. The monoisotopic (exact) mass is 444 g/mol. The third-order valence-corrected chi connectivity index (χ3v) is 4.92. The van der Waals surface area contributed by atoms with Gasteiger partial charge in [0.15, 0.2) is 0 Å². The van der Waals surface area contributed by atoms with Crippen molar-refractivity contribution in [2.45, 2.75) is 6.92 Å². The van der Waals surface area contributed by atoms with Crippen LogP contribution in [-0.4, -0.2) is 24.0 Å². The summed E-state index contributed by atoms with van der Waals surface area (Å²) in [6.45, 7) is 1.81. The highest BCUT2D eigenvalue weighted by Gasteiger charge is 2.13. The van der Waals surface area contributed by atoms with Crippen LogP contribution >= 0.6 is 0 Å². The molecule has 0 fully saturated rings. The summed E-state index contributed by atoms with van der Waals surface area (Å²) < 4.78 is 20.0. The standard InChI is InChI=1S/C25H21FN4O3/c1-15-7-8-19(26)21(13-15)30-25(32)29-20-9-10-23(18-6-4-3-5-17(18)20)33-16-11-12-28-22(14-16)24(31)27-2/h3-14H,1-2H3,(H,27,31)(H2,29,30,32). The Morgan fingerprint density at radius 3 is 2.45 bits per heavy atom.